The Hall–Kier alpha value is -2.33. The van der Waals surface area contributed by atoms with Crippen molar-refractivity contribution in [3.05, 3.63) is 59.7 Å². The van der Waals surface area contributed by atoms with E-state index in [-0.39, 0.29) is 0 Å². The van der Waals surface area contributed by atoms with Crippen LogP contribution in [0, 0.1) is 0 Å². The van der Waals surface area contributed by atoms with Crippen LogP contribution in [0.1, 0.15) is 17.2 Å². The maximum Gasteiger partial charge on any atom is 0.257 e. The fourth-order valence-corrected chi connectivity index (χ4v) is 2.61. The van der Waals surface area contributed by atoms with E-state index < -0.39 is 12.0 Å². The van der Waals surface area contributed by atoms with Crippen molar-refractivity contribution in [3.63, 3.8) is 0 Å². The molecule has 4 heteroatoms. The lowest BCUT2D eigenvalue weighted by molar-refractivity contribution is -0.124. The van der Waals surface area contributed by atoms with Crippen molar-refractivity contribution in [2.24, 2.45) is 0 Å². The zero-order valence-corrected chi connectivity index (χ0v) is 11.9. The molecule has 0 aromatic heterocycles. The Morgan fingerprint density at radius 1 is 1.24 bits per heavy atom. The van der Waals surface area contributed by atoms with E-state index in [4.69, 9.17) is 0 Å². The minimum absolute atomic E-state index is 0.415. The average Bonchev–Trinajstić information content (AvgIpc) is 2.88. The van der Waals surface area contributed by atoms with Crippen molar-refractivity contribution in [2.45, 2.75) is 12.5 Å². The van der Waals surface area contributed by atoms with Gasteiger partial charge in [-0.1, -0.05) is 36.4 Å². The highest BCUT2D eigenvalue weighted by atomic mass is 16.3. The third kappa shape index (κ3) is 2.76. The summed E-state index contributed by atoms with van der Waals surface area (Å²) in [7, 11) is 2.04. The fraction of sp³-hybridized carbons (Fsp3) is 0.235. The highest BCUT2D eigenvalue weighted by Crippen LogP contribution is 2.29. The monoisotopic (exact) mass is 282 g/mol. The maximum absolute atomic E-state index is 12.1. The highest BCUT2D eigenvalue weighted by molar-refractivity contribution is 5.95. The molecule has 0 saturated heterocycles. The molecule has 2 aromatic rings. The first-order valence-electron chi connectivity index (χ1n) is 7.03. The lowest BCUT2D eigenvalue weighted by Crippen LogP contribution is -2.21. The molecule has 0 fully saturated rings. The Morgan fingerprint density at radius 2 is 2.00 bits per heavy atom. The van der Waals surface area contributed by atoms with Gasteiger partial charge in [0.2, 0.25) is 0 Å². The van der Waals surface area contributed by atoms with Gasteiger partial charge in [0.25, 0.3) is 5.91 Å². The number of carbonyl (C=O) groups is 1. The van der Waals surface area contributed by atoms with Gasteiger partial charge >= 0.3 is 0 Å². The third-order valence-corrected chi connectivity index (χ3v) is 3.84. The number of carbonyl (C=O) groups excluding carboxylic acids is 1. The van der Waals surface area contributed by atoms with E-state index in [0.717, 1.165) is 18.7 Å². The highest BCUT2D eigenvalue weighted by Gasteiger charge is 2.19. The van der Waals surface area contributed by atoms with Gasteiger partial charge in [0, 0.05) is 25.0 Å². The van der Waals surface area contributed by atoms with Crippen LogP contribution in [0.15, 0.2) is 48.5 Å². The zero-order chi connectivity index (χ0) is 14.8. The molecule has 1 amide bonds. The minimum atomic E-state index is -1.16. The Kier molecular flexibility index (Phi) is 3.62. The Morgan fingerprint density at radius 3 is 2.76 bits per heavy atom. The SMILES string of the molecule is CN1CCc2ccc(NC(=O)C(O)c3ccccc3)cc21. The molecule has 0 aliphatic carbocycles. The van der Waals surface area contributed by atoms with Gasteiger partial charge in [-0.05, 0) is 29.7 Å². The van der Waals surface area contributed by atoms with Crippen LogP contribution < -0.4 is 10.2 Å². The normalized spacial score (nSPS) is 14.7. The summed E-state index contributed by atoms with van der Waals surface area (Å²) in [5, 5.41) is 12.8. The van der Waals surface area contributed by atoms with Gasteiger partial charge < -0.3 is 15.3 Å². The second kappa shape index (κ2) is 5.58. The molecule has 0 radical (unpaired) electrons. The number of fused-ring (bicyclic) bond motifs is 1. The van der Waals surface area contributed by atoms with Crippen LogP contribution in [0.4, 0.5) is 11.4 Å². The lowest BCUT2D eigenvalue weighted by atomic mass is 10.1. The zero-order valence-electron chi connectivity index (χ0n) is 11.9. The predicted molar refractivity (Wildman–Crippen MR) is 83.4 cm³/mol. The number of anilines is 2. The number of aliphatic hydroxyl groups excluding tert-OH is 1. The number of nitrogens with zero attached hydrogens (tertiary/aromatic N) is 1. The topological polar surface area (TPSA) is 52.6 Å². The molecular weight excluding hydrogens is 264 g/mol. The first-order chi connectivity index (χ1) is 10.1. The molecule has 21 heavy (non-hydrogen) atoms. The van der Waals surface area contributed by atoms with E-state index in [2.05, 4.69) is 10.2 Å². The summed E-state index contributed by atoms with van der Waals surface area (Å²) < 4.78 is 0. The van der Waals surface area contributed by atoms with Crippen molar-refractivity contribution in [1.29, 1.82) is 0 Å². The first kappa shape index (κ1) is 13.6. The quantitative estimate of drug-likeness (QED) is 0.908. The Labute approximate surface area is 124 Å². The van der Waals surface area contributed by atoms with Crippen molar-refractivity contribution < 1.29 is 9.90 Å². The smallest absolute Gasteiger partial charge is 0.257 e. The van der Waals surface area contributed by atoms with Crippen LogP contribution in [0.3, 0.4) is 0 Å². The summed E-state index contributed by atoms with van der Waals surface area (Å²) in [6, 6.07) is 14.8. The third-order valence-electron chi connectivity index (χ3n) is 3.84. The average molecular weight is 282 g/mol. The van der Waals surface area contributed by atoms with E-state index in [1.807, 2.05) is 31.3 Å². The molecule has 0 bridgehead atoms. The van der Waals surface area contributed by atoms with Crippen molar-refractivity contribution >= 4 is 17.3 Å². The van der Waals surface area contributed by atoms with E-state index in [1.54, 1.807) is 24.3 Å². The van der Waals surface area contributed by atoms with Crippen LogP contribution in [0.25, 0.3) is 0 Å². The number of nitrogens with one attached hydrogen (secondary N) is 1. The molecule has 1 aliphatic heterocycles. The molecule has 4 nitrogen and oxygen atoms in total. The standard InChI is InChI=1S/C17H18N2O2/c1-19-10-9-12-7-8-14(11-15(12)19)18-17(21)16(20)13-5-3-2-4-6-13/h2-8,11,16,20H,9-10H2,1H3,(H,18,21). The van der Waals surface area contributed by atoms with E-state index in [9.17, 15) is 9.90 Å². The molecule has 1 atom stereocenters. The number of likely N-dealkylation sites (N-methyl/N-ethyl adjacent to an activating group) is 1. The van der Waals surface area contributed by atoms with E-state index >= 15 is 0 Å². The lowest BCUT2D eigenvalue weighted by Gasteiger charge is -2.15. The molecule has 2 N–H and O–H groups in total. The van der Waals surface area contributed by atoms with Gasteiger partial charge in [-0.3, -0.25) is 4.79 Å². The van der Waals surface area contributed by atoms with E-state index in [1.165, 1.54) is 5.56 Å². The Bertz CT molecular complexity index is 655. The van der Waals surface area contributed by atoms with Crippen LogP contribution in [0.5, 0.6) is 0 Å². The van der Waals surface area contributed by atoms with Gasteiger partial charge in [-0.15, -0.1) is 0 Å². The number of hydrogen-bond donors (Lipinski definition) is 2. The number of aliphatic hydroxyl groups is 1. The summed E-state index contributed by atoms with van der Waals surface area (Å²) in [6.45, 7) is 0.999. The molecule has 3 rings (SSSR count). The number of rotatable bonds is 3. The second-order valence-corrected chi connectivity index (χ2v) is 5.32. The molecular formula is C17H18N2O2. The predicted octanol–water partition coefficient (Wildman–Crippen LogP) is 2.35. The molecule has 1 heterocycles. The van der Waals surface area contributed by atoms with Crippen molar-refractivity contribution in [3.8, 4) is 0 Å². The van der Waals surface area contributed by atoms with Crippen LogP contribution in [-0.2, 0) is 11.2 Å². The summed E-state index contributed by atoms with van der Waals surface area (Å²) in [4.78, 5) is 14.3. The minimum Gasteiger partial charge on any atom is -0.378 e. The van der Waals surface area contributed by atoms with Gasteiger partial charge in [-0.25, -0.2) is 0 Å². The Balaban J connectivity index is 1.75. The summed E-state index contributed by atoms with van der Waals surface area (Å²) in [5.41, 5.74) is 3.73. The van der Waals surface area contributed by atoms with Crippen LogP contribution in [0.2, 0.25) is 0 Å². The van der Waals surface area contributed by atoms with Gasteiger partial charge in [0.1, 0.15) is 0 Å². The summed E-state index contributed by atoms with van der Waals surface area (Å²) in [5.74, 6) is -0.415. The summed E-state index contributed by atoms with van der Waals surface area (Å²) in [6.07, 6.45) is -0.121. The molecule has 0 saturated carbocycles. The van der Waals surface area contributed by atoms with Crippen LogP contribution in [-0.4, -0.2) is 24.6 Å². The molecule has 0 spiro atoms. The van der Waals surface area contributed by atoms with Crippen molar-refractivity contribution in [1.82, 2.24) is 0 Å². The van der Waals surface area contributed by atoms with Gasteiger partial charge in [0.15, 0.2) is 6.10 Å². The largest absolute Gasteiger partial charge is 0.378 e. The number of benzene rings is 2. The fourth-order valence-electron chi connectivity index (χ4n) is 2.61. The van der Waals surface area contributed by atoms with Crippen LogP contribution >= 0.6 is 0 Å². The maximum atomic E-state index is 12.1. The first-order valence-corrected chi connectivity index (χ1v) is 7.03. The van der Waals surface area contributed by atoms with E-state index in [0.29, 0.717) is 11.3 Å². The second-order valence-electron chi connectivity index (χ2n) is 5.32. The molecule has 1 aliphatic rings. The van der Waals surface area contributed by atoms with Crippen molar-refractivity contribution in [2.75, 3.05) is 23.8 Å². The number of amides is 1. The van der Waals surface area contributed by atoms with Gasteiger partial charge in [0.05, 0.1) is 0 Å². The number of hydrogen-bond acceptors (Lipinski definition) is 3. The van der Waals surface area contributed by atoms with Gasteiger partial charge in [-0.2, -0.15) is 0 Å². The molecule has 2 aromatic carbocycles. The molecule has 1 unspecified atom stereocenters. The molecule has 108 valence electrons. The summed E-state index contributed by atoms with van der Waals surface area (Å²) >= 11 is 0.